The third-order valence-electron chi connectivity index (χ3n) is 4.70. The van der Waals surface area contributed by atoms with Crippen LogP contribution in [-0.2, 0) is 13.1 Å². The molecule has 0 saturated heterocycles. The molecule has 7 nitrogen and oxygen atoms in total. The molecule has 3 aromatic heterocycles. The molecule has 0 unspecified atom stereocenters. The summed E-state index contributed by atoms with van der Waals surface area (Å²) in [5, 5.41) is 16.0. The van der Waals surface area contributed by atoms with Crippen LogP contribution in [0, 0.1) is 0 Å². The van der Waals surface area contributed by atoms with Crippen molar-refractivity contribution >= 4 is 33.6 Å². The number of hydrogen-bond acceptors (Lipinski definition) is 5. The van der Waals surface area contributed by atoms with Crippen LogP contribution < -0.4 is 10.6 Å². The third-order valence-corrected chi connectivity index (χ3v) is 4.70. The Balaban J connectivity index is 1.23. The average molecular weight is 369 g/mol. The molecule has 5 rings (SSSR count). The molecule has 0 bridgehead atoms. The summed E-state index contributed by atoms with van der Waals surface area (Å²) in [6.07, 6.45) is 5.53. The Bertz CT molecular complexity index is 1140. The molecule has 0 aliphatic heterocycles. The number of rotatable bonds is 6. The Morgan fingerprint density at radius 3 is 2.71 bits per heavy atom. The highest BCUT2D eigenvalue weighted by Crippen LogP contribution is 2.16. The predicted molar refractivity (Wildman–Crippen MR) is 111 cm³/mol. The predicted octanol–water partition coefficient (Wildman–Crippen LogP) is 4.06. The lowest BCUT2D eigenvalue weighted by atomic mass is 10.1. The summed E-state index contributed by atoms with van der Waals surface area (Å²) in [5.74, 6) is 1.38. The first-order valence-electron chi connectivity index (χ1n) is 9.12. The molecule has 4 N–H and O–H groups in total. The van der Waals surface area contributed by atoms with Gasteiger partial charge in [-0.2, -0.15) is 10.1 Å². The number of anilines is 2. The maximum atomic E-state index is 4.55. The van der Waals surface area contributed by atoms with E-state index in [1.165, 1.54) is 16.5 Å². The van der Waals surface area contributed by atoms with E-state index in [4.69, 9.17) is 0 Å². The minimum absolute atomic E-state index is 0.599. The fraction of sp³-hybridized carbons (Fsp3) is 0.0952. The van der Waals surface area contributed by atoms with Crippen LogP contribution in [0.25, 0.3) is 21.8 Å². The molecule has 138 valence electrons. The van der Waals surface area contributed by atoms with Gasteiger partial charge in [0.2, 0.25) is 5.95 Å². The Morgan fingerprint density at radius 1 is 0.821 bits per heavy atom. The number of aromatic amines is 2. The van der Waals surface area contributed by atoms with Gasteiger partial charge in [-0.3, -0.25) is 5.10 Å². The van der Waals surface area contributed by atoms with Gasteiger partial charge in [0.15, 0.2) is 0 Å². The summed E-state index contributed by atoms with van der Waals surface area (Å²) in [6.45, 7) is 1.34. The van der Waals surface area contributed by atoms with Crippen LogP contribution in [0.3, 0.4) is 0 Å². The highest BCUT2D eigenvalue weighted by atomic mass is 15.1. The maximum Gasteiger partial charge on any atom is 0.224 e. The number of H-pyrrole nitrogens is 2. The molecule has 3 heterocycles. The summed E-state index contributed by atoms with van der Waals surface area (Å²) in [7, 11) is 0. The van der Waals surface area contributed by atoms with E-state index in [0.29, 0.717) is 19.0 Å². The summed E-state index contributed by atoms with van der Waals surface area (Å²) >= 11 is 0. The highest BCUT2D eigenvalue weighted by molar-refractivity contribution is 5.80. The zero-order chi connectivity index (χ0) is 18.8. The number of hydrogen-bond donors (Lipinski definition) is 4. The van der Waals surface area contributed by atoms with Crippen LogP contribution in [0.5, 0.6) is 0 Å². The van der Waals surface area contributed by atoms with E-state index in [9.17, 15) is 0 Å². The van der Waals surface area contributed by atoms with Crippen LogP contribution in [0.1, 0.15) is 11.1 Å². The van der Waals surface area contributed by atoms with Crippen molar-refractivity contribution < 1.29 is 0 Å². The maximum absolute atomic E-state index is 4.55. The Kier molecular flexibility index (Phi) is 4.10. The van der Waals surface area contributed by atoms with Gasteiger partial charge in [0.1, 0.15) is 5.82 Å². The van der Waals surface area contributed by atoms with Crippen LogP contribution in [-0.4, -0.2) is 25.1 Å². The van der Waals surface area contributed by atoms with Crippen molar-refractivity contribution in [1.82, 2.24) is 25.1 Å². The molecule has 0 radical (unpaired) electrons. The van der Waals surface area contributed by atoms with E-state index in [-0.39, 0.29) is 0 Å². The summed E-state index contributed by atoms with van der Waals surface area (Å²) in [5.41, 5.74) is 4.51. The number of nitrogens with one attached hydrogen (secondary N) is 4. The van der Waals surface area contributed by atoms with Crippen LogP contribution >= 0.6 is 0 Å². The second-order valence-corrected chi connectivity index (χ2v) is 6.66. The van der Waals surface area contributed by atoms with E-state index >= 15 is 0 Å². The van der Waals surface area contributed by atoms with Gasteiger partial charge in [-0.1, -0.05) is 18.2 Å². The molecule has 7 heteroatoms. The first kappa shape index (κ1) is 16.3. The van der Waals surface area contributed by atoms with Gasteiger partial charge in [-0.15, -0.1) is 0 Å². The molecular weight excluding hydrogens is 350 g/mol. The quantitative estimate of drug-likeness (QED) is 0.362. The zero-order valence-corrected chi connectivity index (χ0v) is 15.1. The van der Waals surface area contributed by atoms with E-state index in [1.807, 2.05) is 24.5 Å². The molecule has 0 spiro atoms. The molecule has 0 fully saturated rings. The van der Waals surface area contributed by atoms with E-state index in [0.717, 1.165) is 22.2 Å². The van der Waals surface area contributed by atoms with E-state index < -0.39 is 0 Å². The molecule has 0 atom stereocenters. The third kappa shape index (κ3) is 3.37. The molecule has 0 saturated carbocycles. The second kappa shape index (κ2) is 7.03. The van der Waals surface area contributed by atoms with Crippen molar-refractivity contribution in [2.45, 2.75) is 13.1 Å². The minimum atomic E-state index is 0.599. The topological polar surface area (TPSA) is 94.3 Å². The summed E-state index contributed by atoms with van der Waals surface area (Å²) in [6, 6.07) is 16.5. The van der Waals surface area contributed by atoms with Crippen molar-refractivity contribution in [3.63, 3.8) is 0 Å². The van der Waals surface area contributed by atoms with Crippen molar-refractivity contribution in [2.75, 3.05) is 10.6 Å². The van der Waals surface area contributed by atoms with Crippen molar-refractivity contribution in [1.29, 1.82) is 0 Å². The largest absolute Gasteiger partial charge is 0.366 e. The zero-order valence-electron chi connectivity index (χ0n) is 15.1. The van der Waals surface area contributed by atoms with Crippen molar-refractivity contribution in [3.8, 4) is 0 Å². The number of benzene rings is 2. The number of nitrogens with zero attached hydrogens (tertiary/aromatic N) is 3. The molecule has 28 heavy (non-hydrogen) atoms. The fourth-order valence-electron chi connectivity index (χ4n) is 3.22. The van der Waals surface area contributed by atoms with Crippen molar-refractivity contribution in [2.24, 2.45) is 0 Å². The fourth-order valence-corrected chi connectivity index (χ4v) is 3.22. The van der Waals surface area contributed by atoms with Crippen LogP contribution in [0.4, 0.5) is 11.8 Å². The molecule has 2 aromatic carbocycles. The first-order valence-corrected chi connectivity index (χ1v) is 9.12. The Labute approximate surface area is 161 Å². The van der Waals surface area contributed by atoms with E-state index in [1.54, 1.807) is 6.20 Å². The van der Waals surface area contributed by atoms with Crippen LogP contribution in [0.15, 0.2) is 67.1 Å². The second-order valence-electron chi connectivity index (χ2n) is 6.66. The Morgan fingerprint density at radius 2 is 1.71 bits per heavy atom. The lowest BCUT2D eigenvalue weighted by molar-refractivity contribution is 1.04. The lowest BCUT2D eigenvalue weighted by Crippen LogP contribution is -2.06. The molecule has 0 aliphatic carbocycles. The van der Waals surface area contributed by atoms with Crippen molar-refractivity contribution in [3.05, 3.63) is 78.2 Å². The normalized spacial score (nSPS) is 11.1. The smallest absolute Gasteiger partial charge is 0.224 e. The molecule has 0 aliphatic rings. The lowest BCUT2D eigenvalue weighted by Gasteiger charge is -2.09. The first-order chi connectivity index (χ1) is 13.8. The summed E-state index contributed by atoms with van der Waals surface area (Å²) < 4.78 is 0. The standard InChI is InChI=1S/C21H19N7/c1-3-16-5-7-22-19(16)10-15(1)12-25-21-23-8-6-20(27-21)24-11-14-2-4-18-17(9-14)13-26-28-18/h1-10,13,22H,11-12H2,(H,26,28)(H2,23,24,25,27). The SMILES string of the molecule is c1cc(NCc2ccc3[nH]ncc3c2)nc(NCc2ccc3cc[nH]c3c2)n1. The molecular formula is C21H19N7. The number of aromatic nitrogens is 5. The van der Waals surface area contributed by atoms with E-state index in [2.05, 4.69) is 72.2 Å². The highest BCUT2D eigenvalue weighted by Gasteiger charge is 2.03. The van der Waals surface area contributed by atoms with Gasteiger partial charge < -0.3 is 15.6 Å². The minimum Gasteiger partial charge on any atom is -0.366 e. The molecule has 0 amide bonds. The van der Waals surface area contributed by atoms with Gasteiger partial charge in [-0.25, -0.2) is 4.98 Å². The van der Waals surface area contributed by atoms with Gasteiger partial charge in [0, 0.05) is 36.4 Å². The Hall–Kier alpha value is -3.87. The van der Waals surface area contributed by atoms with Crippen LogP contribution in [0.2, 0.25) is 0 Å². The van der Waals surface area contributed by atoms with Gasteiger partial charge >= 0.3 is 0 Å². The van der Waals surface area contributed by atoms with Gasteiger partial charge in [-0.05, 0) is 46.8 Å². The number of fused-ring (bicyclic) bond motifs is 2. The van der Waals surface area contributed by atoms with Gasteiger partial charge in [0.05, 0.1) is 11.7 Å². The monoisotopic (exact) mass is 369 g/mol. The summed E-state index contributed by atoms with van der Waals surface area (Å²) in [4.78, 5) is 12.1. The van der Waals surface area contributed by atoms with Gasteiger partial charge in [0.25, 0.3) is 0 Å². The average Bonchev–Trinajstić information content (AvgIpc) is 3.39. The molecule has 5 aromatic rings.